The van der Waals surface area contributed by atoms with Crippen LogP contribution in [-0.4, -0.2) is 54.3 Å². The number of nitrogens with zero attached hydrogens (tertiary/aromatic N) is 1. The quantitative estimate of drug-likeness (QED) is 0.398. The van der Waals surface area contributed by atoms with Gasteiger partial charge in [-0.2, -0.15) is 0 Å². The molecular formula is C8H21NO7P2. The monoisotopic (exact) mass is 305 g/mol. The maximum atomic E-state index is 11.1. The smallest absolute Gasteiger partial charge is 0.367 e. The average Bonchev–Trinajstić information content (AvgIpc) is 2.20. The number of aliphatic hydroxyl groups is 1. The molecule has 8 nitrogen and oxygen atoms in total. The molecule has 0 aromatic heterocycles. The maximum Gasteiger partial charge on any atom is 0.369 e. The van der Waals surface area contributed by atoms with E-state index in [-0.39, 0.29) is 6.54 Å². The topological polar surface area (TPSA) is 139 Å². The summed E-state index contributed by atoms with van der Waals surface area (Å²) in [6.07, 6.45) is 0.105. The summed E-state index contributed by atoms with van der Waals surface area (Å²) in [6.45, 7) is 4.89. The fraction of sp³-hybridized carbons (Fsp3) is 1.00. The van der Waals surface area contributed by atoms with E-state index < -0.39 is 26.7 Å². The first-order valence-electron chi connectivity index (χ1n) is 5.55. The molecule has 0 amide bonds. The molecule has 0 aliphatic heterocycles. The molecule has 10 heteroatoms. The van der Waals surface area contributed by atoms with Gasteiger partial charge in [0, 0.05) is 13.0 Å². The van der Waals surface area contributed by atoms with Crippen molar-refractivity contribution in [2.24, 2.45) is 0 Å². The molecule has 0 aliphatic carbocycles. The van der Waals surface area contributed by atoms with Gasteiger partial charge in [-0.1, -0.05) is 13.8 Å². The Bertz CT molecular complexity index is 327. The van der Waals surface area contributed by atoms with Crippen molar-refractivity contribution in [1.29, 1.82) is 0 Å². The van der Waals surface area contributed by atoms with Crippen LogP contribution < -0.4 is 0 Å². The lowest BCUT2D eigenvalue weighted by atomic mass is 10.3. The molecule has 0 spiro atoms. The molecule has 0 aliphatic rings. The second-order valence-corrected chi connectivity index (χ2v) is 8.06. The lowest BCUT2D eigenvalue weighted by molar-refractivity contribution is 0.109. The van der Waals surface area contributed by atoms with Gasteiger partial charge in [-0.05, 0) is 19.5 Å². The largest absolute Gasteiger partial charge is 0.369 e. The summed E-state index contributed by atoms with van der Waals surface area (Å²) < 4.78 is 22.2. The highest BCUT2D eigenvalue weighted by molar-refractivity contribution is 7.72. The van der Waals surface area contributed by atoms with E-state index in [4.69, 9.17) is 19.6 Å². The van der Waals surface area contributed by atoms with Gasteiger partial charge in [-0.3, -0.25) is 9.13 Å². The SMILES string of the molecule is CCCN(CC)CCC(O)(P(=O)(O)O)P(=O)(O)O. The Morgan fingerprint density at radius 1 is 1.00 bits per heavy atom. The Balaban J connectivity index is 4.96. The van der Waals surface area contributed by atoms with Crippen LogP contribution in [0, 0.1) is 0 Å². The third-order valence-corrected chi connectivity index (χ3v) is 6.56. The van der Waals surface area contributed by atoms with Crippen molar-refractivity contribution in [2.45, 2.75) is 31.8 Å². The van der Waals surface area contributed by atoms with Crippen LogP contribution in [0.4, 0.5) is 0 Å². The van der Waals surface area contributed by atoms with Crippen LogP contribution in [0.5, 0.6) is 0 Å². The third kappa shape index (κ3) is 4.40. The van der Waals surface area contributed by atoms with Gasteiger partial charge in [0.2, 0.25) is 0 Å². The fourth-order valence-corrected chi connectivity index (χ4v) is 3.65. The van der Waals surface area contributed by atoms with Gasteiger partial charge in [-0.15, -0.1) is 0 Å². The zero-order valence-corrected chi connectivity index (χ0v) is 12.2. The van der Waals surface area contributed by atoms with Crippen LogP contribution in [0.3, 0.4) is 0 Å². The van der Waals surface area contributed by atoms with E-state index in [1.165, 1.54) is 0 Å². The lowest BCUT2D eigenvalue weighted by Crippen LogP contribution is -2.35. The van der Waals surface area contributed by atoms with E-state index in [2.05, 4.69) is 0 Å². The van der Waals surface area contributed by atoms with E-state index in [0.29, 0.717) is 13.1 Å². The zero-order chi connectivity index (χ0) is 14.6. The molecule has 0 radical (unpaired) electrons. The highest BCUT2D eigenvalue weighted by atomic mass is 31.2. The predicted octanol–water partition coefficient (Wildman–Crippen LogP) is 0.110. The van der Waals surface area contributed by atoms with Crippen LogP contribution in [0.25, 0.3) is 0 Å². The molecule has 0 fully saturated rings. The van der Waals surface area contributed by atoms with Crippen molar-refractivity contribution in [2.75, 3.05) is 19.6 Å². The summed E-state index contributed by atoms with van der Waals surface area (Å²) in [4.78, 5) is 37.5. The van der Waals surface area contributed by atoms with E-state index in [1.807, 2.05) is 13.8 Å². The Hall–Kier alpha value is 0.220. The van der Waals surface area contributed by atoms with Crippen molar-refractivity contribution in [1.82, 2.24) is 4.90 Å². The fourth-order valence-electron chi connectivity index (χ4n) is 1.51. The molecule has 0 saturated heterocycles. The number of rotatable bonds is 8. The normalized spacial score (nSPS) is 14.2. The molecule has 0 saturated carbocycles. The minimum Gasteiger partial charge on any atom is -0.367 e. The van der Waals surface area contributed by atoms with Gasteiger partial charge < -0.3 is 29.6 Å². The number of hydrogen-bond donors (Lipinski definition) is 5. The maximum absolute atomic E-state index is 11.1. The third-order valence-electron chi connectivity index (χ3n) is 2.68. The van der Waals surface area contributed by atoms with Crippen LogP contribution in [0.1, 0.15) is 26.7 Å². The van der Waals surface area contributed by atoms with Crippen molar-refractivity contribution >= 4 is 15.2 Å². The van der Waals surface area contributed by atoms with Gasteiger partial charge in [0.15, 0.2) is 0 Å². The first kappa shape index (κ1) is 18.2. The summed E-state index contributed by atoms with van der Waals surface area (Å²) in [5.74, 6) is 0. The van der Waals surface area contributed by atoms with E-state index >= 15 is 0 Å². The van der Waals surface area contributed by atoms with Gasteiger partial charge in [0.25, 0.3) is 5.08 Å². The number of hydrogen-bond acceptors (Lipinski definition) is 4. The molecular weight excluding hydrogens is 284 g/mol. The van der Waals surface area contributed by atoms with Gasteiger partial charge in [0.05, 0.1) is 0 Å². The Morgan fingerprint density at radius 3 is 1.72 bits per heavy atom. The molecule has 110 valence electrons. The van der Waals surface area contributed by atoms with Crippen molar-refractivity contribution in [3.8, 4) is 0 Å². The molecule has 0 bridgehead atoms. The van der Waals surface area contributed by atoms with E-state index in [9.17, 15) is 14.2 Å². The summed E-state index contributed by atoms with van der Waals surface area (Å²) in [5.41, 5.74) is 0. The second kappa shape index (κ2) is 6.59. The minimum atomic E-state index is -5.33. The van der Waals surface area contributed by atoms with Gasteiger partial charge >= 0.3 is 15.2 Å². The van der Waals surface area contributed by atoms with Crippen LogP contribution in [-0.2, 0) is 9.13 Å². The van der Waals surface area contributed by atoms with Crippen LogP contribution in [0.15, 0.2) is 0 Å². The summed E-state index contributed by atoms with van der Waals surface area (Å²) in [7, 11) is -10.7. The standard InChI is InChI=1S/C8H21NO7P2/c1-3-6-9(4-2)7-5-8(10,17(11,12)13)18(14,15)16/h10H,3-7H2,1-2H3,(H2,11,12,13)(H2,14,15,16). The summed E-state index contributed by atoms with van der Waals surface area (Å²) in [5, 5.41) is 6.34. The van der Waals surface area contributed by atoms with Gasteiger partial charge in [0.1, 0.15) is 0 Å². The first-order valence-corrected chi connectivity index (χ1v) is 8.78. The predicted molar refractivity (Wildman–Crippen MR) is 66.1 cm³/mol. The zero-order valence-electron chi connectivity index (χ0n) is 10.4. The summed E-state index contributed by atoms with van der Waals surface area (Å²) >= 11 is 0. The molecule has 0 rings (SSSR count). The van der Waals surface area contributed by atoms with Crippen molar-refractivity contribution in [3.63, 3.8) is 0 Å². The average molecular weight is 305 g/mol. The molecule has 0 aromatic rings. The van der Waals surface area contributed by atoms with E-state index in [1.54, 1.807) is 4.90 Å². The second-order valence-electron chi connectivity index (χ2n) is 4.05. The van der Waals surface area contributed by atoms with E-state index in [0.717, 1.165) is 6.42 Å². The van der Waals surface area contributed by atoms with Gasteiger partial charge in [-0.25, -0.2) is 0 Å². The molecule has 5 N–H and O–H groups in total. The Kier molecular flexibility index (Phi) is 6.67. The van der Waals surface area contributed by atoms with Crippen LogP contribution >= 0.6 is 15.2 Å². The Labute approximate surface area is 106 Å². The lowest BCUT2D eigenvalue weighted by Gasteiger charge is -2.31. The highest BCUT2D eigenvalue weighted by Crippen LogP contribution is 2.68. The molecule has 0 heterocycles. The highest BCUT2D eigenvalue weighted by Gasteiger charge is 2.58. The Morgan fingerprint density at radius 2 is 1.44 bits per heavy atom. The molecule has 18 heavy (non-hydrogen) atoms. The molecule has 0 unspecified atom stereocenters. The molecule has 0 aromatic carbocycles. The molecule has 0 atom stereocenters. The van der Waals surface area contributed by atoms with Crippen molar-refractivity contribution < 1.29 is 33.8 Å². The van der Waals surface area contributed by atoms with Crippen LogP contribution in [0.2, 0.25) is 0 Å². The minimum absolute atomic E-state index is 0.00292. The van der Waals surface area contributed by atoms with Crippen molar-refractivity contribution in [3.05, 3.63) is 0 Å². The first-order chi connectivity index (χ1) is 7.99. The summed E-state index contributed by atoms with van der Waals surface area (Å²) in [6, 6.07) is 0.